The second-order valence-corrected chi connectivity index (χ2v) is 5.42. The lowest BCUT2D eigenvalue weighted by molar-refractivity contribution is 0.427. The summed E-state index contributed by atoms with van der Waals surface area (Å²) in [6.07, 6.45) is 3.81. The second kappa shape index (κ2) is 4.88. The molecule has 4 heteroatoms. The number of rotatable bonds is 4. The zero-order valence-electron chi connectivity index (χ0n) is 9.90. The fraction of sp³-hybridized carbons (Fsp3) is 0.286. The molecule has 0 bridgehead atoms. The van der Waals surface area contributed by atoms with Gasteiger partial charge in [0.2, 0.25) is 0 Å². The van der Waals surface area contributed by atoms with Crippen molar-refractivity contribution in [3.63, 3.8) is 0 Å². The van der Waals surface area contributed by atoms with Gasteiger partial charge in [0.1, 0.15) is 0 Å². The predicted molar refractivity (Wildman–Crippen MR) is 74.0 cm³/mol. The summed E-state index contributed by atoms with van der Waals surface area (Å²) in [4.78, 5) is 0. The van der Waals surface area contributed by atoms with Crippen LogP contribution in [0.4, 0.5) is 0 Å². The normalized spacial score (nSPS) is 19.1. The number of halogens is 1. The summed E-state index contributed by atoms with van der Waals surface area (Å²) >= 11 is 3.41. The van der Waals surface area contributed by atoms with E-state index in [1.165, 1.54) is 11.1 Å². The quantitative estimate of drug-likeness (QED) is 0.673. The molecule has 1 aliphatic rings. The van der Waals surface area contributed by atoms with Crippen molar-refractivity contribution in [2.24, 2.45) is 5.84 Å². The molecule has 1 aliphatic carbocycles. The number of benzene rings is 1. The fourth-order valence-electron chi connectivity index (χ4n) is 2.70. The minimum Gasteiger partial charge on any atom is -0.457 e. The highest BCUT2D eigenvalue weighted by Crippen LogP contribution is 2.41. The average molecular weight is 307 g/mol. The molecular weight excluding hydrogens is 292 g/mol. The molecule has 0 fully saturated rings. The van der Waals surface area contributed by atoms with E-state index in [1.807, 2.05) is 6.07 Å². The molecule has 94 valence electrons. The topological polar surface area (TPSA) is 51.2 Å². The Kier molecular flexibility index (Phi) is 3.24. The zero-order chi connectivity index (χ0) is 12.5. The van der Waals surface area contributed by atoms with E-state index in [0.717, 1.165) is 23.1 Å². The third-order valence-electron chi connectivity index (χ3n) is 3.70. The first kappa shape index (κ1) is 12.0. The van der Waals surface area contributed by atoms with Crippen LogP contribution in [0.1, 0.15) is 35.1 Å². The van der Waals surface area contributed by atoms with E-state index in [9.17, 15) is 0 Å². The summed E-state index contributed by atoms with van der Waals surface area (Å²) in [6.45, 7) is 0. The van der Waals surface area contributed by atoms with Crippen molar-refractivity contribution >= 4 is 15.9 Å². The molecule has 3 nitrogen and oxygen atoms in total. The summed E-state index contributed by atoms with van der Waals surface area (Å²) in [5.74, 6) is 6.25. The van der Waals surface area contributed by atoms with Gasteiger partial charge >= 0.3 is 0 Å². The van der Waals surface area contributed by atoms with Crippen LogP contribution in [0, 0.1) is 0 Å². The van der Waals surface area contributed by atoms with Crippen LogP contribution in [0.15, 0.2) is 45.7 Å². The van der Waals surface area contributed by atoms with Crippen LogP contribution in [0.25, 0.3) is 0 Å². The first-order valence-corrected chi connectivity index (χ1v) is 6.85. The first-order chi connectivity index (χ1) is 8.79. The Labute approximate surface area is 114 Å². The molecule has 0 saturated heterocycles. The van der Waals surface area contributed by atoms with Crippen molar-refractivity contribution in [2.75, 3.05) is 0 Å². The van der Waals surface area contributed by atoms with Gasteiger partial charge in [0.25, 0.3) is 0 Å². The molecule has 1 heterocycles. The highest BCUT2D eigenvalue weighted by atomic mass is 79.9. The first-order valence-electron chi connectivity index (χ1n) is 6.06. The van der Waals surface area contributed by atoms with Gasteiger partial charge in [0, 0.05) is 5.56 Å². The lowest BCUT2D eigenvalue weighted by atomic mass is 9.74. The van der Waals surface area contributed by atoms with Gasteiger partial charge in [-0.25, -0.2) is 0 Å². The number of fused-ring (bicyclic) bond motifs is 1. The molecule has 0 saturated carbocycles. The highest BCUT2D eigenvalue weighted by Gasteiger charge is 2.29. The molecule has 18 heavy (non-hydrogen) atoms. The van der Waals surface area contributed by atoms with Crippen molar-refractivity contribution in [1.82, 2.24) is 5.43 Å². The predicted octanol–water partition coefficient (Wildman–Crippen LogP) is 3.28. The van der Waals surface area contributed by atoms with Crippen LogP contribution in [0.5, 0.6) is 0 Å². The molecular formula is C14H15BrN2O. The van der Waals surface area contributed by atoms with Gasteiger partial charge < -0.3 is 4.42 Å². The lowest BCUT2D eigenvalue weighted by Crippen LogP contribution is -2.31. The van der Waals surface area contributed by atoms with Gasteiger partial charge in [-0.3, -0.25) is 11.3 Å². The van der Waals surface area contributed by atoms with E-state index in [4.69, 9.17) is 10.3 Å². The lowest BCUT2D eigenvalue weighted by Gasteiger charge is -2.32. The van der Waals surface area contributed by atoms with Crippen molar-refractivity contribution in [2.45, 2.75) is 24.8 Å². The van der Waals surface area contributed by atoms with Crippen LogP contribution >= 0.6 is 15.9 Å². The standard InChI is InChI=1S/C14H15BrN2O/c15-14-12(5-6-18-14)13(17-16)8-10-7-9-3-1-2-4-11(9)10/h1-6,10,13,17H,7-8,16H2. The number of furan rings is 1. The van der Waals surface area contributed by atoms with E-state index in [1.54, 1.807) is 6.26 Å². The van der Waals surface area contributed by atoms with Crippen LogP contribution in [-0.2, 0) is 6.42 Å². The van der Waals surface area contributed by atoms with Crippen molar-refractivity contribution in [3.8, 4) is 0 Å². The second-order valence-electron chi connectivity index (χ2n) is 4.70. The number of hydrogen-bond acceptors (Lipinski definition) is 3. The van der Waals surface area contributed by atoms with Crippen molar-refractivity contribution in [1.29, 1.82) is 0 Å². The summed E-state index contributed by atoms with van der Waals surface area (Å²) in [7, 11) is 0. The maximum absolute atomic E-state index is 5.67. The van der Waals surface area contributed by atoms with Crippen molar-refractivity contribution in [3.05, 3.63) is 58.0 Å². The number of nitrogens with two attached hydrogens (primary N) is 1. The van der Waals surface area contributed by atoms with Crippen LogP contribution in [-0.4, -0.2) is 0 Å². The minimum absolute atomic E-state index is 0.122. The Morgan fingerprint density at radius 3 is 2.89 bits per heavy atom. The van der Waals surface area contributed by atoms with Gasteiger partial charge in [-0.2, -0.15) is 0 Å². The van der Waals surface area contributed by atoms with E-state index in [0.29, 0.717) is 5.92 Å². The van der Waals surface area contributed by atoms with E-state index < -0.39 is 0 Å². The fourth-order valence-corrected chi connectivity index (χ4v) is 3.21. The zero-order valence-corrected chi connectivity index (χ0v) is 11.5. The SMILES string of the molecule is NNC(CC1Cc2ccccc21)c1ccoc1Br. The van der Waals surface area contributed by atoms with Crippen LogP contribution in [0.2, 0.25) is 0 Å². The molecule has 2 aromatic rings. The summed E-state index contributed by atoms with van der Waals surface area (Å²) in [6, 6.07) is 10.7. The molecule has 1 aromatic heterocycles. The maximum Gasteiger partial charge on any atom is 0.173 e. The Hall–Kier alpha value is -1.10. The molecule has 0 aliphatic heterocycles. The molecule has 0 amide bonds. The Morgan fingerprint density at radius 2 is 2.22 bits per heavy atom. The van der Waals surface area contributed by atoms with Gasteiger partial charge in [-0.1, -0.05) is 24.3 Å². The molecule has 3 rings (SSSR count). The Bertz CT molecular complexity index is 552. The maximum atomic E-state index is 5.67. The smallest absolute Gasteiger partial charge is 0.173 e. The number of hydrogen-bond donors (Lipinski definition) is 2. The largest absolute Gasteiger partial charge is 0.457 e. The molecule has 0 radical (unpaired) electrons. The molecule has 0 spiro atoms. The Balaban J connectivity index is 1.76. The van der Waals surface area contributed by atoms with Crippen molar-refractivity contribution < 1.29 is 4.42 Å². The van der Waals surface area contributed by atoms with Gasteiger partial charge in [0.15, 0.2) is 4.67 Å². The third kappa shape index (κ3) is 2.00. The molecule has 3 N–H and O–H groups in total. The van der Waals surface area contributed by atoms with Crippen LogP contribution in [0.3, 0.4) is 0 Å². The highest BCUT2D eigenvalue weighted by molar-refractivity contribution is 9.10. The van der Waals surface area contributed by atoms with Gasteiger partial charge in [-0.15, -0.1) is 0 Å². The summed E-state index contributed by atoms with van der Waals surface area (Å²) < 4.78 is 6.03. The van der Waals surface area contributed by atoms with E-state index in [-0.39, 0.29) is 6.04 Å². The monoisotopic (exact) mass is 306 g/mol. The average Bonchev–Trinajstić information content (AvgIpc) is 2.77. The summed E-state index contributed by atoms with van der Waals surface area (Å²) in [5.41, 5.74) is 6.89. The van der Waals surface area contributed by atoms with Gasteiger partial charge in [0.05, 0.1) is 12.3 Å². The number of hydrazine groups is 1. The van der Waals surface area contributed by atoms with Gasteiger partial charge in [-0.05, 0) is 51.9 Å². The minimum atomic E-state index is 0.122. The molecule has 1 aromatic carbocycles. The molecule has 2 atom stereocenters. The van der Waals surface area contributed by atoms with E-state index >= 15 is 0 Å². The third-order valence-corrected chi connectivity index (χ3v) is 4.35. The van der Waals surface area contributed by atoms with Crippen LogP contribution < -0.4 is 11.3 Å². The van der Waals surface area contributed by atoms with E-state index in [2.05, 4.69) is 45.6 Å². The summed E-state index contributed by atoms with van der Waals surface area (Å²) in [5, 5.41) is 0. The molecule has 2 unspecified atom stereocenters. The number of nitrogens with one attached hydrogen (secondary N) is 1. The Morgan fingerprint density at radius 1 is 1.39 bits per heavy atom.